The van der Waals surface area contributed by atoms with Gasteiger partial charge >= 0.3 is 0 Å². The van der Waals surface area contributed by atoms with Gasteiger partial charge in [0.25, 0.3) is 0 Å². The smallest absolute Gasteiger partial charge is 0.140 e. The third-order valence-electron chi connectivity index (χ3n) is 4.03. The fourth-order valence-corrected chi connectivity index (χ4v) is 2.59. The second kappa shape index (κ2) is 7.39. The Labute approximate surface area is 153 Å². The van der Waals surface area contributed by atoms with E-state index in [9.17, 15) is 4.39 Å². The highest BCUT2D eigenvalue weighted by molar-refractivity contribution is 5.75. The van der Waals surface area contributed by atoms with Gasteiger partial charge in [-0.2, -0.15) is 0 Å². The van der Waals surface area contributed by atoms with Crippen LogP contribution in [0.15, 0.2) is 60.9 Å². The van der Waals surface area contributed by atoms with Gasteiger partial charge < -0.3 is 9.80 Å². The van der Waals surface area contributed by atoms with Crippen molar-refractivity contribution in [2.24, 2.45) is 0 Å². The second-order valence-corrected chi connectivity index (χ2v) is 6.35. The van der Waals surface area contributed by atoms with Gasteiger partial charge in [0, 0.05) is 69.8 Å². The number of benzene rings is 1. The van der Waals surface area contributed by atoms with Crippen molar-refractivity contribution in [1.82, 2.24) is 9.97 Å². The zero-order valence-electron chi connectivity index (χ0n) is 15.4. The SMILES string of the molecule is CN(C)c1ccnc(N(c2ccc(F)cc2)c2cc(N(C)C)ccn2)c1. The molecule has 26 heavy (non-hydrogen) atoms. The molecular formula is C20H22FN5. The number of pyridine rings is 2. The van der Waals surface area contributed by atoms with Crippen molar-refractivity contribution in [3.63, 3.8) is 0 Å². The Kier molecular flexibility index (Phi) is 5.02. The lowest BCUT2D eigenvalue weighted by molar-refractivity contribution is 0.628. The quantitative estimate of drug-likeness (QED) is 0.688. The molecular weight excluding hydrogens is 329 g/mol. The normalized spacial score (nSPS) is 10.5. The molecule has 134 valence electrons. The number of anilines is 5. The minimum absolute atomic E-state index is 0.279. The summed E-state index contributed by atoms with van der Waals surface area (Å²) in [7, 11) is 7.91. The largest absolute Gasteiger partial charge is 0.378 e. The van der Waals surface area contributed by atoms with Crippen molar-refractivity contribution in [3.05, 3.63) is 66.7 Å². The number of rotatable bonds is 5. The minimum atomic E-state index is -0.279. The van der Waals surface area contributed by atoms with Gasteiger partial charge in [-0.3, -0.25) is 4.90 Å². The molecule has 0 aliphatic heterocycles. The van der Waals surface area contributed by atoms with E-state index >= 15 is 0 Å². The highest BCUT2D eigenvalue weighted by Crippen LogP contribution is 2.34. The van der Waals surface area contributed by atoms with E-state index in [4.69, 9.17) is 0 Å². The summed E-state index contributed by atoms with van der Waals surface area (Å²) in [6.45, 7) is 0. The third kappa shape index (κ3) is 3.74. The molecule has 0 fully saturated rings. The maximum absolute atomic E-state index is 13.4. The van der Waals surface area contributed by atoms with Gasteiger partial charge in [-0.05, 0) is 36.4 Å². The van der Waals surface area contributed by atoms with E-state index < -0.39 is 0 Å². The van der Waals surface area contributed by atoms with Crippen LogP contribution in [0.5, 0.6) is 0 Å². The number of halogens is 1. The van der Waals surface area contributed by atoms with Crippen LogP contribution >= 0.6 is 0 Å². The molecule has 3 aromatic rings. The Morgan fingerprint density at radius 2 is 1.12 bits per heavy atom. The van der Waals surface area contributed by atoms with Gasteiger partial charge in [-0.15, -0.1) is 0 Å². The fraction of sp³-hybridized carbons (Fsp3) is 0.200. The van der Waals surface area contributed by atoms with Crippen LogP contribution in [0.25, 0.3) is 0 Å². The number of aromatic nitrogens is 2. The van der Waals surface area contributed by atoms with Crippen molar-refractivity contribution < 1.29 is 4.39 Å². The summed E-state index contributed by atoms with van der Waals surface area (Å²) >= 11 is 0. The van der Waals surface area contributed by atoms with Crippen molar-refractivity contribution >= 4 is 28.7 Å². The molecule has 0 aliphatic carbocycles. The average Bonchev–Trinajstić information content (AvgIpc) is 2.64. The molecule has 2 aromatic heterocycles. The monoisotopic (exact) mass is 351 g/mol. The first-order valence-corrected chi connectivity index (χ1v) is 8.28. The van der Waals surface area contributed by atoms with E-state index in [2.05, 4.69) is 9.97 Å². The molecule has 0 unspecified atom stereocenters. The summed E-state index contributed by atoms with van der Waals surface area (Å²) in [5.41, 5.74) is 2.83. The lowest BCUT2D eigenvalue weighted by Gasteiger charge is -2.25. The maximum atomic E-state index is 13.4. The van der Waals surface area contributed by atoms with Crippen molar-refractivity contribution in [1.29, 1.82) is 0 Å². The molecule has 0 spiro atoms. The molecule has 0 N–H and O–H groups in total. The second-order valence-electron chi connectivity index (χ2n) is 6.35. The summed E-state index contributed by atoms with van der Waals surface area (Å²) in [4.78, 5) is 15.0. The van der Waals surface area contributed by atoms with Crippen LogP contribution < -0.4 is 14.7 Å². The van der Waals surface area contributed by atoms with Gasteiger partial charge in [0.05, 0.1) is 0 Å². The lowest BCUT2D eigenvalue weighted by Crippen LogP contribution is -2.16. The standard InChI is InChI=1S/C20H22FN5/c1-24(2)17-9-11-22-19(13-17)26(16-7-5-15(21)6-8-16)20-14-18(25(3)4)10-12-23-20/h5-14H,1-4H3. The van der Waals surface area contributed by atoms with E-state index in [-0.39, 0.29) is 5.82 Å². The predicted octanol–water partition coefficient (Wildman–Crippen LogP) is 4.22. The Morgan fingerprint density at radius 3 is 1.54 bits per heavy atom. The molecule has 2 heterocycles. The van der Waals surface area contributed by atoms with Crippen LogP contribution in [0.1, 0.15) is 0 Å². The number of hydrogen-bond acceptors (Lipinski definition) is 5. The highest BCUT2D eigenvalue weighted by atomic mass is 19.1. The first-order valence-electron chi connectivity index (χ1n) is 8.28. The topological polar surface area (TPSA) is 35.5 Å². The molecule has 0 saturated carbocycles. The van der Waals surface area contributed by atoms with E-state index in [1.165, 1.54) is 12.1 Å². The Balaban J connectivity index is 2.15. The van der Waals surface area contributed by atoms with Crippen LogP contribution in [0, 0.1) is 5.82 Å². The van der Waals surface area contributed by atoms with E-state index in [1.807, 2.05) is 67.2 Å². The van der Waals surface area contributed by atoms with Crippen molar-refractivity contribution in [3.8, 4) is 0 Å². The van der Waals surface area contributed by atoms with Crippen molar-refractivity contribution in [2.75, 3.05) is 42.9 Å². The summed E-state index contributed by atoms with van der Waals surface area (Å²) in [5.74, 6) is 1.15. The van der Waals surface area contributed by atoms with Crippen molar-refractivity contribution in [2.45, 2.75) is 0 Å². The molecule has 6 heteroatoms. The number of nitrogens with zero attached hydrogens (tertiary/aromatic N) is 5. The van der Waals surface area contributed by atoms with Crippen LogP contribution in [0.3, 0.4) is 0 Å². The zero-order valence-corrected chi connectivity index (χ0v) is 15.4. The maximum Gasteiger partial charge on any atom is 0.140 e. The van der Waals surface area contributed by atoms with Crippen LogP contribution in [0.4, 0.5) is 33.1 Å². The lowest BCUT2D eigenvalue weighted by atomic mass is 10.2. The fourth-order valence-electron chi connectivity index (χ4n) is 2.59. The Bertz CT molecular complexity index is 826. The average molecular weight is 351 g/mol. The van der Waals surface area contributed by atoms with E-state index in [0.717, 1.165) is 17.1 Å². The summed E-state index contributed by atoms with van der Waals surface area (Å²) in [6, 6.07) is 14.2. The Hall–Kier alpha value is -3.15. The van der Waals surface area contributed by atoms with Crippen LogP contribution in [-0.2, 0) is 0 Å². The molecule has 0 atom stereocenters. The molecule has 3 rings (SSSR count). The molecule has 0 bridgehead atoms. The van der Waals surface area contributed by atoms with E-state index in [0.29, 0.717) is 11.6 Å². The van der Waals surface area contributed by atoms with Crippen LogP contribution in [0.2, 0.25) is 0 Å². The van der Waals surface area contributed by atoms with Crippen LogP contribution in [-0.4, -0.2) is 38.2 Å². The zero-order chi connectivity index (χ0) is 18.7. The molecule has 1 aromatic carbocycles. The first kappa shape index (κ1) is 17.7. The summed E-state index contributed by atoms with van der Waals surface area (Å²) < 4.78 is 13.4. The molecule has 0 aliphatic rings. The van der Waals surface area contributed by atoms with Gasteiger partial charge in [-0.1, -0.05) is 0 Å². The molecule has 5 nitrogen and oxygen atoms in total. The van der Waals surface area contributed by atoms with Gasteiger partial charge in [-0.25, -0.2) is 14.4 Å². The van der Waals surface area contributed by atoms with Gasteiger partial charge in [0.2, 0.25) is 0 Å². The van der Waals surface area contributed by atoms with E-state index in [1.54, 1.807) is 24.5 Å². The minimum Gasteiger partial charge on any atom is -0.378 e. The molecule has 0 amide bonds. The third-order valence-corrected chi connectivity index (χ3v) is 4.03. The molecule has 0 radical (unpaired) electrons. The summed E-state index contributed by atoms with van der Waals surface area (Å²) in [6.07, 6.45) is 3.52. The highest BCUT2D eigenvalue weighted by Gasteiger charge is 2.16. The summed E-state index contributed by atoms with van der Waals surface area (Å²) in [5, 5.41) is 0. The number of hydrogen-bond donors (Lipinski definition) is 0. The molecule has 0 saturated heterocycles. The first-order chi connectivity index (χ1) is 12.5. The Morgan fingerprint density at radius 1 is 0.654 bits per heavy atom. The van der Waals surface area contributed by atoms with Gasteiger partial charge in [0.1, 0.15) is 17.5 Å². The predicted molar refractivity (Wildman–Crippen MR) is 105 cm³/mol. The van der Waals surface area contributed by atoms with Gasteiger partial charge in [0.15, 0.2) is 0 Å².